The lowest BCUT2D eigenvalue weighted by Gasteiger charge is -2.08. The summed E-state index contributed by atoms with van der Waals surface area (Å²) >= 11 is 1.42. The molecule has 19 heavy (non-hydrogen) atoms. The van der Waals surface area contributed by atoms with Crippen LogP contribution in [0.1, 0.15) is 46.7 Å². The van der Waals surface area contributed by atoms with Crippen molar-refractivity contribution in [1.82, 2.24) is 5.32 Å². The van der Waals surface area contributed by atoms with Crippen LogP contribution in [0.5, 0.6) is 0 Å². The first-order chi connectivity index (χ1) is 9.29. The van der Waals surface area contributed by atoms with E-state index in [0.29, 0.717) is 6.54 Å². The zero-order valence-corrected chi connectivity index (χ0v) is 11.9. The number of thiophene rings is 1. The molecular formula is C15H20N2OS. The van der Waals surface area contributed by atoms with E-state index in [-0.39, 0.29) is 5.91 Å². The number of nitrogens with two attached hydrogens (primary N) is 1. The Morgan fingerprint density at radius 1 is 1.42 bits per heavy atom. The third kappa shape index (κ3) is 4.38. The van der Waals surface area contributed by atoms with E-state index < -0.39 is 0 Å². The van der Waals surface area contributed by atoms with Crippen molar-refractivity contribution in [3.05, 3.63) is 21.9 Å². The van der Waals surface area contributed by atoms with Gasteiger partial charge in [0.25, 0.3) is 5.91 Å². The van der Waals surface area contributed by atoms with Gasteiger partial charge in [0, 0.05) is 6.54 Å². The van der Waals surface area contributed by atoms with Gasteiger partial charge in [0.2, 0.25) is 0 Å². The molecule has 1 heterocycles. The summed E-state index contributed by atoms with van der Waals surface area (Å²) < 4.78 is 0. The lowest BCUT2D eigenvalue weighted by molar-refractivity contribution is 0.0955. The molecule has 1 aliphatic rings. The maximum Gasteiger partial charge on any atom is 0.261 e. The van der Waals surface area contributed by atoms with Gasteiger partial charge in [-0.2, -0.15) is 0 Å². The van der Waals surface area contributed by atoms with Crippen molar-refractivity contribution in [2.45, 2.75) is 32.1 Å². The van der Waals surface area contributed by atoms with Gasteiger partial charge in [-0.3, -0.25) is 4.79 Å². The Morgan fingerprint density at radius 2 is 2.21 bits per heavy atom. The highest BCUT2D eigenvalue weighted by molar-refractivity contribution is 7.14. The van der Waals surface area contributed by atoms with Crippen molar-refractivity contribution in [2.75, 3.05) is 13.1 Å². The van der Waals surface area contributed by atoms with Gasteiger partial charge in [-0.1, -0.05) is 37.5 Å². The van der Waals surface area contributed by atoms with Crippen LogP contribution in [0, 0.1) is 17.8 Å². The molecule has 4 heteroatoms. The van der Waals surface area contributed by atoms with Gasteiger partial charge in [-0.15, -0.1) is 11.3 Å². The van der Waals surface area contributed by atoms with Crippen molar-refractivity contribution < 1.29 is 4.79 Å². The standard InChI is InChI=1S/C15H20N2OS/c16-10-3-6-13-7-8-14(19-13)15(18)17-11-9-12-4-1-2-5-12/h7-8,12H,1-2,4-5,9-11,16H2,(H,17,18). The molecule has 0 aliphatic heterocycles. The van der Waals surface area contributed by atoms with E-state index in [2.05, 4.69) is 17.2 Å². The first-order valence-corrected chi connectivity index (χ1v) is 7.68. The minimum Gasteiger partial charge on any atom is -0.351 e. The van der Waals surface area contributed by atoms with Crippen LogP contribution in [0.4, 0.5) is 0 Å². The zero-order valence-electron chi connectivity index (χ0n) is 11.1. The molecule has 3 N–H and O–H groups in total. The molecule has 0 atom stereocenters. The molecule has 0 radical (unpaired) electrons. The molecule has 1 amide bonds. The molecule has 1 aliphatic carbocycles. The van der Waals surface area contributed by atoms with E-state index in [1.807, 2.05) is 12.1 Å². The number of rotatable bonds is 4. The highest BCUT2D eigenvalue weighted by Gasteiger charge is 2.15. The van der Waals surface area contributed by atoms with Gasteiger partial charge in [-0.05, 0) is 24.5 Å². The fraction of sp³-hybridized carbons (Fsp3) is 0.533. The molecule has 0 saturated heterocycles. The van der Waals surface area contributed by atoms with E-state index in [1.165, 1.54) is 37.0 Å². The van der Waals surface area contributed by atoms with Crippen molar-refractivity contribution in [1.29, 1.82) is 0 Å². The molecule has 0 spiro atoms. The fourth-order valence-electron chi connectivity index (χ4n) is 2.44. The predicted octanol–water partition coefficient (Wildman–Crippen LogP) is 2.37. The van der Waals surface area contributed by atoms with Crippen molar-refractivity contribution in [3.63, 3.8) is 0 Å². The summed E-state index contributed by atoms with van der Waals surface area (Å²) in [6.07, 6.45) is 6.47. The Labute approximate surface area is 118 Å². The van der Waals surface area contributed by atoms with E-state index in [4.69, 9.17) is 5.73 Å². The monoisotopic (exact) mass is 276 g/mol. The maximum absolute atomic E-state index is 11.9. The largest absolute Gasteiger partial charge is 0.351 e. The molecule has 1 saturated carbocycles. The van der Waals surface area contributed by atoms with Gasteiger partial charge in [0.1, 0.15) is 0 Å². The second kappa shape index (κ2) is 7.32. The Kier molecular flexibility index (Phi) is 5.44. The van der Waals surface area contributed by atoms with Crippen LogP contribution in [0.25, 0.3) is 0 Å². The van der Waals surface area contributed by atoms with E-state index >= 15 is 0 Å². The van der Waals surface area contributed by atoms with Crippen LogP contribution in [-0.4, -0.2) is 19.0 Å². The number of carbonyl (C=O) groups excluding carboxylic acids is 1. The Balaban J connectivity index is 1.77. The molecule has 1 fully saturated rings. The molecule has 0 aromatic carbocycles. The number of hydrogen-bond acceptors (Lipinski definition) is 3. The molecule has 1 aromatic heterocycles. The zero-order chi connectivity index (χ0) is 13.5. The Morgan fingerprint density at radius 3 is 2.95 bits per heavy atom. The van der Waals surface area contributed by atoms with Crippen LogP contribution < -0.4 is 11.1 Å². The summed E-state index contributed by atoms with van der Waals surface area (Å²) in [6.45, 7) is 1.13. The number of amides is 1. The fourth-order valence-corrected chi connectivity index (χ4v) is 3.24. The van der Waals surface area contributed by atoms with Gasteiger partial charge in [-0.25, -0.2) is 0 Å². The molecule has 0 bridgehead atoms. The molecular weight excluding hydrogens is 256 g/mol. The highest BCUT2D eigenvalue weighted by atomic mass is 32.1. The lowest BCUT2D eigenvalue weighted by atomic mass is 10.0. The second-order valence-electron chi connectivity index (χ2n) is 4.86. The van der Waals surface area contributed by atoms with E-state index in [0.717, 1.165) is 28.6 Å². The summed E-state index contributed by atoms with van der Waals surface area (Å²) in [6, 6.07) is 3.70. The van der Waals surface area contributed by atoms with Gasteiger partial charge in [0.05, 0.1) is 16.3 Å². The SMILES string of the molecule is NCC#Cc1ccc(C(=O)NCCC2CCCC2)s1. The van der Waals surface area contributed by atoms with Gasteiger partial charge in [0.15, 0.2) is 0 Å². The summed E-state index contributed by atoms with van der Waals surface area (Å²) in [4.78, 5) is 13.6. The van der Waals surface area contributed by atoms with Crippen LogP contribution in [-0.2, 0) is 0 Å². The Bertz CT molecular complexity index is 478. The highest BCUT2D eigenvalue weighted by Crippen LogP contribution is 2.27. The number of carbonyl (C=O) groups is 1. The number of nitrogens with one attached hydrogen (secondary N) is 1. The van der Waals surface area contributed by atoms with Gasteiger partial charge >= 0.3 is 0 Å². The molecule has 1 aromatic rings. The molecule has 2 rings (SSSR count). The van der Waals surface area contributed by atoms with Crippen LogP contribution in [0.2, 0.25) is 0 Å². The van der Waals surface area contributed by atoms with Crippen molar-refractivity contribution >= 4 is 17.2 Å². The molecule has 3 nitrogen and oxygen atoms in total. The minimum absolute atomic E-state index is 0.0174. The lowest BCUT2D eigenvalue weighted by Crippen LogP contribution is -2.24. The number of hydrogen-bond donors (Lipinski definition) is 2. The smallest absolute Gasteiger partial charge is 0.261 e. The first-order valence-electron chi connectivity index (χ1n) is 6.86. The first kappa shape index (κ1) is 14.1. The maximum atomic E-state index is 11.9. The Hall–Kier alpha value is -1.31. The van der Waals surface area contributed by atoms with Crippen LogP contribution in [0.3, 0.4) is 0 Å². The van der Waals surface area contributed by atoms with E-state index in [1.54, 1.807) is 0 Å². The minimum atomic E-state index is 0.0174. The summed E-state index contributed by atoms with van der Waals surface area (Å²) in [5, 5.41) is 2.99. The third-order valence-corrected chi connectivity index (χ3v) is 4.46. The quantitative estimate of drug-likeness (QED) is 0.830. The van der Waals surface area contributed by atoms with Gasteiger partial charge < -0.3 is 11.1 Å². The average molecular weight is 276 g/mol. The average Bonchev–Trinajstić information content (AvgIpc) is 3.07. The van der Waals surface area contributed by atoms with Crippen molar-refractivity contribution in [2.24, 2.45) is 11.7 Å². The summed E-state index contributed by atoms with van der Waals surface area (Å²) in [5.41, 5.74) is 5.32. The predicted molar refractivity (Wildman–Crippen MR) is 79.2 cm³/mol. The normalized spacial score (nSPS) is 15.0. The third-order valence-electron chi connectivity index (χ3n) is 3.46. The topological polar surface area (TPSA) is 55.1 Å². The van der Waals surface area contributed by atoms with E-state index in [9.17, 15) is 4.79 Å². The van der Waals surface area contributed by atoms with Crippen LogP contribution in [0.15, 0.2) is 12.1 Å². The second-order valence-corrected chi connectivity index (χ2v) is 5.95. The summed E-state index contributed by atoms with van der Waals surface area (Å²) in [5.74, 6) is 6.57. The molecule has 0 unspecified atom stereocenters. The van der Waals surface area contributed by atoms with Crippen LogP contribution >= 0.6 is 11.3 Å². The van der Waals surface area contributed by atoms with Crippen molar-refractivity contribution in [3.8, 4) is 11.8 Å². The molecule has 102 valence electrons. The summed E-state index contributed by atoms with van der Waals surface area (Å²) in [7, 11) is 0.